The number of esters is 1. The van der Waals surface area contributed by atoms with Gasteiger partial charge in [-0.2, -0.15) is 0 Å². The SMILES string of the molecule is C#CCOc1c(Cl)cc(/C=c2\sc3n(c2=O)[C@H](c2ccc(C(C)C)cc2)C(C(=O)OCC)=C(CCC)N=3)cc1OCC. The van der Waals surface area contributed by atoms with Crippen LogP contribution in [0.1, 0.15) is 76.1 Å². The summed E-state index contributed by atoms with van der Waals surface area (Å²) in [6.45, 7) is 10.5. The summed E-state index contributed by atoms with van der Waals surface area (Å²) in [7, 11) is 0. The number of benzene rings is 2. The highest BCUT2D eigenvalue weighted by Gasteiger charge is 2.34. The predicted octanol–water partition coefficient (Wildman–Crippen LogP) is 5.77. The molecule has 7 nitrogen and oxygen atoms in total. The van der Waals surface area contributed by atoms with Crippen LogP contribution >= 0.6 is 22.9 Å². The fraction of sp³-hybridized carbons (Fsp3) is 0.364. The van der Waals surface area contributed by atoms with Gasteiger partial charge in [0.05, 0.1) is 40.1 Å². The van der Waals surface area contributed by atoms with Crippen LogP contribution in [0.15, 0.2) is 57.5 Å². The van der Waals surface area contributed by atoms with E-state index in [1.807, 2.05) is 38.1 Å². The molecule has 2 aromatic carbocycles. The molecule has 1 aliphatic heterocycles. The molecule has 1 aliphatic rings. The highest BCUT2D eigenvalue weighted by atomic mass is 35.5. The Morgan fingerprint density at radius 1 is 1.17 bits per heavy atom. The first-order valence-corrected chi connectivity index (χ1v) is 15.3. The van der Waals surface area contributed by atoms with Crippen molar-refractivity contribution in [1.82, 2.24) is 4.57 Å². The number of carbonyl (C=O) groups is 1. The first-order valence-electron chi connectivity index (χ1n) is 14.1. The number of ether oxygens (including phenoxy) is 3. The molecule has 0 saturated carbocycles. The molecule has 0 saturated heterocycles. The molecule has 0 radical (unpaired) electrons. The van der Waals surface area contributed by atoms with Gasteiger partial charge in [0, 0.05) is 0 Å². The average Bonchev–Trinajstić information content (AvgIpc) is 3.26. The van der Waals surface area contributed by atoms with E-state index in [0.717, 1.165) is 12.0 Å². The van der Waals surface area contributed by atoms with Gasteiger partial charge >= 0.3 is 5.97 Å². The van der Waals surface area contributed by atoms with Gasteiger partial charge in [-0.05, 0) is 61.1 Å². The molecule has 3 aromatic rings. The van der Waals surface area contributed by atoms with E-state index in [-0.39, 0.29) is 18.8 Å². The van der Waals surface area contributed by atoms with Crippen molar-refractivity contribution in [3.05, 3.63) is 89.1 Å². The second-order valence-electron chi connectivity index (χ2n) is 9.99. The number of hydrogen-bond acceptors (Lipinski definition) is 7. The van der Waals surface area contributed by atoms with Crippen LogP contribution in [-0.4, -0.2) is 30.4 Å². The molecule has 0 fully saturated rings. The Bertz CT molecular complexity index is 1710. The molecule has 0 spiro atoms. The highest BCUT2D eigenvalue weighted by Crippen LogP contribution is 2.37. The van der Waals surface area contributed by atoms with E-state index in [1.54, 1.807) is 29.7 Å². The van der Waals surface area contributed by atoms with Crippen molar-refractivity contribution in [3.8, 4) is 23.8 Å². The molecule has 1 atom stereocenters. The van der Waals surface area contributed by atoms with E-state index in [4.69, 9.17) is 37.2 Å². The third-order valence-corrected chi connectivity index (χ3v) is 8.00. The second-order valence-corrected chi connectivity index (χ2v) is 11.4. The van der Waals surface area contributed by atoms with Crippen molar-refractivity contribution in [2.75, 3.05) is 19.8 Å². The molecule has 4 rings (SSSR count). The largest absolute Gasteiger partial charge is 0.490 e. The average molecular weight is 607 g/mol. The summed E-state index contributed by atoms with van der Waals surface area (Å²) in [4.78, 5) is 32.8. The van der Waals surface area contributed by atoms with Crippen LogP contribution in [0.4, 0.5) is 0 Å². The van der Waals surface area contributed by atoms with Crippen LogP contribution in [0.5, 0.6) is 11.5 Å². The number of carbonyl (C=O) groups excluding carboxylic acids is 1. The van der Waals surface area contributed by atoms with Crippen LogP contribution in [-0.2, 0) is 9.53 Å². The molecule has 2 heterocycles. The van der Waals surface area contributed by atoms with Gasteiger partial charge in [-0.25, -0.2) is 9.79 Å². The molecule has 0 unspecified atom stereocenters. The number of allylic oxidation sites excluding steroid dienone is 1. The summed E-state index contributed by atoms with van der Waals surface area (Å²) < 4.78 is 18.9. The quantitative estimate of drug-likeness (QED) is 0.205. The summed E-state index contributed by atoms with van der Waals surface area (Å²) in [6, 6.07) is 10.8. The number of thiazole rings is 1. The van der Waals surface area contributed by atoms with Crippen LogP contribution < -0.4 is 24.4 Å². The smallest absolute Gasteiger partial charge is 0.338 e. The maximum Gasteiger partial charge on any atom is 0.338 e. The first-order chi connectivity index (χ1) is 20.2. The molecule has 0 bridgehead atoms. The third kappa shape index (κ3) is 6.48. The molecule has 220 valence electrons. The summed E-state index contributed by atoms with van der Waals surface area (Å²) in [5.74, 6) is 3.08. The number of nitrogens with zero attached hydrogens (tertiary/aromatic N) is 2. The van der Waals surface area contributed by atoms with Gasteiger partial charge in [0.1, 0.15) is 6.61 Å². The van der Waals surface area contributed by atoms with E-state index < -0.39 is 12.0 Å². The molecule has 1 aromatic heterocycles. The highest BCUT2D eigenvalue weighted by molar-refractivity contribution is 7.07. The number of rotatable bonds is 11. The van der Waals surface area contributed by atoms with Gasteiger partial charge in [-0.1, -0.05) is 80.3 Å². The van der Waals surface area contributed by atoms with Crippen molar-refractivity contribution in [3.63, 3.8) is 0 Å². The summed E-state index contributed by atoms with van der Waals surface area (Å²) in [6.07, 6.45) is 8.45. The molecule has 0 N–H and O–H groups in total. The van der Waals surface area contributed by atoms with E-state index in [2.05, 4.69) is 19.8 Å². The predicted molar refractivity (Wildman–Crippen MR) is 167 cm³/mol. The lowest BCUT2D eigenvalue weighted by Crippen LogP contribution is -2.40. The van der Waals surface area contributed by atoms with Crippen molar-refractivity contribution in [1.29, 1.82) is 0 Å². The maximum absolute atomic E-state index is 14.1. The summed E-state index contributed by atoms with van der Waals surface area (Å²) >= 11 is 7.80. The topological polar surface area (TPSA) is 79.1 Å². The number of fused-ring (bicyclic) bond motifs is 1. The Morgan fingerprint density at radius 2 is 1.90 bits per heavy atom. The number of terminal acetylenes is 1. The minimum atomic E-state index is -0.674. The van der Waals surface area contributed by atoms with Gasteiger partial charge in [-0.15, -0.1) is 6.42 Å². The number of aromatic nitrogens is 1. The zero-order valence-electron chi connectivity index (χ0n) is 24.5. The molecular weight excluding hydrogens is 572 g/mol. The normalized spacial score (nSPS) is 14.8. The third-order valence-electron chi connectivity index (χ3n) is 6.74. The fourth-order valence-corrected chi connectivity index (χ4v) is 6.13. The van der Waals surface area contributed by atoms with Crippen molar-refractivity contribution in [2.24, 2.45) is 4.99 Å². The van der Waals surface area contributed by atoms with Crippen LogP contribution in [0, 0.1) is 12.3 Å². The lowest BCUT2D eigenvalue weighted by molar-refractivity contribution is -0.139. The van der Waals surface area contributed by atoms with Crippen LogP contribution in [0.3, 0.4) is 0 Å². The lowest BCUT2D eigenvalue weighted by Gasteiger charge is -2.26. The summed E-state index contributed by atoms with van der Waals surface area (Å²) in [5.41, 5.74) is 3.40. The Labute approximate surface area is 255 Å². The Morgan fingerprint density at radius 3 is 2.52 bits per heavy atom. The zero-order chi connectivity index (χ0) is 30.4. The van der Waals surface area contributed by atoms with Gasteiger partial charge in [0.15, 0.2) is 16.3 Å². The van der Waals surface area contributed by atoms with Gasteiger partial charge in [0.25, 0.3) is 5.56 Å². The number of halogens is 1. The van der Waals surface area contributed by atoms with Crippen LogP contribution in [0.25, 0.3) is 6.08 Å². The molecule has 42 heavy (non-hydrogen) atoms. The van der Waals surface area contributed by atoms with Crippen molar-refractivity contribution < 1.29 is 19.0 Å². The first kappa shape index (κ1) is 31.1. The zero-order valence-corrected chi connectivity index (χ0v) is 26.1. The Hall–Kier alpha value is -3.80. The van der Waals surface area contributed by atoms with Gasteiger partial charge < -0.3 is 14.2 Å². The van der Waals surface area contributed by atoms with E-state index >= 15 is 0 Å². The minimum Gasteiger partial charge on any atom is -0.490 e. The van der Waals surface area contributed by atoms with Crippen LogP contribution in [0.2, 0.25) is 5.02 Å². The van der Waals surface area contributed by atoms with Gasteiger partial charge in [0.2, 0.25) is 0 Å². The molecule has 0 aliphatic carbocycles. The molecule has 0 amide bonds. The molecular formula is C33H35ClN2O5S. The second kappa shape index (κ2) is 13.9. The van der Waals surface area contributed by atoms with E-state index in [1.165, 1.54) is 16.9 Å². The van der Waals surface area contributed by atoms with Crippen molar-refractivity contribution >= 4 is 35.0 Å². The number of hydrogen-bond donors (Lipinski definition) is 0. The van der Waals surface area contributed by atoms with E-state index in [9.17, 15) is 9.59 Å². The summed E-state index contributed by atoms with van der Waals surface area (Å²) in [5, 5.41) is 0.313. The maximum atomic E-state index is 14.1. The standard InChI is InChI=1S/C33H35ClN2O5S/c1-7-11-25-28(32(38)40-10-4)29(23-14-12-22(13-15-23)20(5)6)36-31(37)27(42-33(36)35-25)19-21-17-24(34)30(41-16-8-2)26(18-21)39-9-3/h2,12-15,17-20,29H,7,9-11,16H2,1,3-6H3/b27-19-/t29-/m1/s1. The van der Waals surface area contributed by atoms with Crippen molar-refractivity contribution in [2.45, 2.75) is 59.4 Å². The minimum absolute atomic E-state index is 0.0405. The van der Waals surface area contributed by atoms with Gasteiger partial charge in [-0.3, -0.25) is 9.36 Å². The lowest BCUT2D eigenvalue weighted by atomic mass is 9.92. The Kier molecular flexibility index (Phi) is 10.3. The fourth-order valence-electron chi connectivity index (χ4n) is 4.84. The molecule has 9 heteroatoms. The monoisotopic (exact) mass is 606 g/mol. The Balaban J connectivity index is 1.94. The van der Waals surface area contributed by atoms with E-state index in [0.29, 0.717) is 61.6 Å².